The van der Waals surface area contributed by atoms with Gasteiger partial charge >= 0.3 is 0 Å². The summed E-state index contributed by atoms with van der Waals surface area (Å²) >= 11 is 0. The van der Waals surface area contributed by atoms with Gasteiger partial charge in [0.15, 0.2) is 0 Å². The van der Waals surface area contributed by atoms with E-state index >= 15 is 0 Å². The highest BCUT2D eigenvalue weighted by Gasteiger charge is 2.32. The van der Waals surface area contributed by atoms with Crippen LogP contribution >= 0.6 is 0 Å². The molecule has 0 radical (unpaired) electrons. The molecule has 0 fully saturated rings. The van der Waals surface area contributed by atoms with Crippen molar-refractivity contribution in [3.8, 4) is 0 Å². The highest BCUT2D eigenvalue weighted by Crippen LogP contribution is 2.40. The third-order valence-corrected chi connectivity index (χ3v) is 3.94. The average molecular weight is 331 g/mol. The van der Waals surface area contributed by atoms with Crippen molar-refractivity contribution in [2.24, 2.45) is 23.2 Å². The Hall–Kier alpha value is -0.120. The van der Waals surface area contributed by atoms with Crippen LogP contribution in [0.5, 0.6) is 0 Å². The number of hydrogen-bond donors (Lipinski definition) is 0. The molecule has 0 rings (SSSR count). The van der Waals surface area contributed by atoms with Crippen molar-refractivity contribution in [1.29, 1.82) is 0 Å². The van der Waals surface area contributed by atoms with Gasteiger partial charge in [-0.05, 0) is 48.9 Å². The zero-order valence-electron chi connectivity index (χ0n) is 16.8. The predicted molar refractivity (Wildman–Crippen MR) is 98.9 cm³/mol. The summed E-state index contributed by atoms with van der Waals surface area (Å²) in [4.78, 5) is 0. The van der Waals surface area contributed by atoms with Crippen LogP contribution in [0.4, 0.5) is 0 Å². The third-order valence-electron chi connectivity index (χ3n) is 3.94. The maximum absolute atomic E-state index is 6.10. The van der Waals surface area contributed by atoms with Gasteiger partial charge in [-0.15, -0.1) is 0 Å². The molecule has 0 aliphatic heterocycles. The van der Waals surface area contributed by atoms with Gasteiger partial charge in [-0.1, -0.05) is 41.5 Å². The van der Waals surface area contributed by atoms with E-state index in [-0.39, 0.29) is 0 Å². The first kappa shape index (κ1) is 22.9. The second-order valence-electron chi connectivity index (χ2n) is 8.31. The largest absolute Gasteiger partial charge is 0.382 e. The van der Waals surface area contributed by atoms with E-state index in [1.807, 2.05) is 0 Å². The van der Waals surface area contributed by atoms with Crippen LogP contribution in [0.15, 0.2) is 0 Å². The Morgan fingerprint density at radius 2 is 1.13 bits per heavy atom. The molecule has 0 aliphatic carbocycles. The third kappa shape index (κ3) is 12.9. The van der Waals surface area contributed by atoms with Crippen LogP contribution < -0.4 is 0 Å². The molecule has 0 atom stereocenters. The van der Waals surface area contributed by atoms with E-state index in [2.05, 4.69) is 41.5 Å². The van der Waals surface area contributed by atoms with Crippen molar-refractivity contribution >= 4 is 0 Å². The van der Waals surface area contributed by atoms with Crippen LogP contribution in [0.25, 0.3) is 0 Å². The zero-order chi connectivity index (χ0) is 17.7. The molecule has 0 aromatic rings. The van der Waals surface area contributed by atoms with Gasteiger partial charge in [-0.3, -0.25) is 0 Å². The lowest BCUT2D eigenvalue weighted by atomic mass is 9.70. The second-order valence-corrected chi connectivity index (χ2v) is 8.31. The minimum atomic E-state index is 0.327. The van der Waals surface area contributed by atoms with Gasteiger partial charge in [0.05, 0.1) is 19.8 Å². The highest BCUT2D eigenvalue weighted by molar-refractivity contribution is 4.83. The molecule has 0 aromatic carbocycles. The van der Waals surface area contributed by atoms with Crippen LogP contribution in [0.2, 0.25) is 0 Å². The van der Waals surface area contributed by atoms with E-state index < -0.39 is 0 Å². The topological polar surface area (TPSA) is 27.7 Å². The van der Waals surface area contributed by atoms with Gasteiger partial charge in [0.2, 0.25) is 0 Å². The molecule has 0 spiro atoms. The van der Waals surface area contributed by atoms with E-state index in [9.17, 15) is 0 Å². The fraction of sp³-hybridized carbons (Fsp3) is 1.00. The molecule has 3 nitrogen and oxygen atoms in total. The fourth-order valence-electron chi connectivity index (χ4n) is 3.82. The van der Waals surface area contributed by atoms with Crippen LogP contribution in [0.1, 0.15) is 67.2 Å². The maximum atomic E-state index is 6.10. The Balaban J connectivity index is 4.32. The maximum Gasteiger partial charge on any atom is 0.0700 e. The number of ether oxygens (including phenoxy) is 3. The summed E-state index contributed by atoms with van der Waals surface area (Å²) in [5.74, 6) is 2.15. The van der Waals surface area contributed by atoms with Gasteiger partial charge in [0.1, 0.15) is 0 Å². The van der Waals surface area contributed by atoms with Crippen LogP contribution in [0, 0.1) is 23.2 Å². The van der Waals surface area contributed by atoms with E-state index in [0.29, 0.717) is 36.4 Å². The minimum absolute atomic E-state index is 0.327. The van der Waals surface area contributed by atoms with Crippen molar-refractivity contribution in [2.45, 2.75) is 67.2 Å². The van der Waals surface area contributed by atoms with E-state index in [0.717, 1.165) is 26.2 Å². The number of rotatable bonds is 15. The first-order valence-corrected chi connectivity index (χ1v) is 9.45. The summed E-state index contributed by atoms with van der Waals surface area (Å²) in [7, 11) is 1.70. The fourth-order valence-corrected chi connectivity index (χ4v) is 3.82. The SMILES string of the molecule is COCCOCCCOCC(CC(C)C)(CC(C)C)CC(C)C. The Kier molecular flexibility index (Phi) is 13.1. The molecule has 0 saturated heterocycles. The van der Waals surface area contributed by atoms with Gasteiger partial charge in [-0.2, -0.15) is 0 Å². The van der Waals surface area contributed by atoms with Gasteiger partial charge in [0, 0.05) is 20.3 Å². The Labute approximate surface area is 145 Å². The monoisotopic (exact) mass is 330 g/mol. The Morgan fingerprint density at radius 1 is 0.652 bits per heavy atom. The van der Waals surface area contributed by atoms with Crippen molar-refractivity contribution in [3.63, 3.8) is 0 Å². The molecule has 0 aromatic heterocycles. The minimum Gasteiger partial charge on any atom is -0.382 e. The lowest BCUT2D eigenvalue weighted by Crippen LogP contribution is -2.32. The van der Waals surface area contributed by atoms with Gasteiger partial charge in [0.25, 0.3) is 0 Å². The van der Waals surface area contributed by atoms with Gasteiger partial charge < -0.3 is 14.2 Å². The molecule has 3 heteroatoms. The standard InChI is InChI=1S/C20H42O3/c1-17(2)13-20(14-18(3)4,15-19(5)6)16-23-10-8-9-22-12-11-21-7/h17-19H,8-16H2,1-7H3. The van der Waals surface area contributed by atoms with Crippen LogP contribution in [-0.2, 0) is 14.2 Å². The van der Waals surface area contributed by atoms with Crippen molar-refractivity contribution in [3.05, 3.63) is 0 Å². The Bertz CT molecular complexity index is 235. The van der Waals surface area contributed by atoms with Crippen LogP contribution in [0.3, 0.4) is 0 Å². The molecular formula is C20H42O3. The molecular weight excluding hydrogens is 288 g/mol. The summed E-state index contributed by atoms with van der Waals surface area (Å²) in [6, 6.07) is 0. The molecule has 0 bridgehead atoms. The molecule has 0 amide bonds. The summed E-state index contributed by atoms with van der Waals surface area (Å²) in [5.41, 5.74) is 0.327. The number of hydrogen-bond acceptors (Lipinski definition) is 3. The highest BCUT2D eigenvalue weighted by atomic mass is 16.5. The van der Waals surface area contributed by atoms with Crippen molar-refractivity contribution in [1.82, 2.24) is 0 Å². The lowest BCUT2D eigenvalue weighted by molar-refractivity contribution is -0.00639. The molecule has 140 valence electrons. The molecule has 0 saturated carbocycles. The first-order chi connectivity index (χ1) is 10.8. The first-order valence-electron chi connectivity index (χ1n) is 9.45. The van der Waals surface area contributed by atoms with Crippen LogP contribution in [-0.4, -0.2) is 40.1 Å². The molecule has 0 N–H and O–H groups in total. The summed E-state index contributed by atoms with van der Waals surface area (Å²) in [5, 5.41) is 0. The summed E-state index contributed by atoms with van der Waals surface area (Å²) in [6.07, 6.45) is 4.74. The Morgan fingerprint density at radius 3 is 1.57 bits per heavy atom. The van der Waals surface area contributed by atoms with Crippen molar-refractivity contribution in [2.75, 3.05) is 40.1 Å². The number of methoxy groups -OCH3 is 1. The van der Waals surface area contributed by atoms with E-state index in [1.165, 1.54) is 19.3 Å². The summed E-state index contributed by atoms with van der Waals surface area (Å²) < 4.78 is 16.6. The zero-order valence-corrected chi connectivity index (χ0v) is 16.8. The molecule has 23 heavy (non-hydrogen) atoms. The van der Waals surface area contributed by atoms with E-state index in [4.69, 9.17) is 14.2 Å². The predicted octanol–water partition coefficient (Wildman–Crippen LogP) is 5.18. The molecule has 0 unspecified atom stereocenters. The smallest absolute Gasteiger partial charge is 0.0700 e. The van der Waals surface area contributed by atoms with Gasteiger partial charge in [-0.25, -0.2) is 0 Å². The summed E-state index contributed by atoms with van der Waals surface area (Å²) in [6.45, 7) is 17.8. The normalized spacial score (nSPS) is 12.8. The average Bonchev–Trinajstić information content (AvgIpc) is 2.39. The quantitative estimate of drug-likeness (QED) is 0.387. The second kappa shape index (κ2) is 13.2. The van der Waals surface area contributed by atoms with Crippen molar-refractivity contribution < 1.29 is 14.2 Å². The molecule has 0 heterocycles. The lowest BCUT2D eigenvalue weighted by Gasteiger charge is -2.38. The van der Waals surface area contributed by atoms with E-state index in [1.54, 1.807) is 7.11 Å². The molecule has 0 aliphatic rings.